The zero-order chi connectivity index (χ0) is 13.7. The van der Waals surface area contributed by atoms with Crippen molar-refractivity contribution in [2.24, 2.45) is 7.05 Å². The van der Waals surface area contributed by atoms with Gasteiger partial charge < -0.3 is 10.1 Å². The summed E-state index contributed by atoms with van der Waals surface area (Å²) >= 11 is 0. The number of aryl methyl sites for hydroxylation is 2. The Bertz CT molecular complexity index is 507. The number of nitrogens with one attached hydrogen (secondary N) is 1. The quantitative estimate of drug-likeness (QED) is 0.810. The first kappa shape index (κ1) is 13.6. The van der Waals surface area contributed by atoms with Gasteiger partial charge in [0.1, 0.15) is 12.4 Å². The number of rotatable bonds is 6. The molecule has 4 heteroatoms. The second-order valence-electron chi connectivity index (χ2n) is 4.68. The minimum absolute atomic E-state index is 0.285. The van der Waals surface area contributed by atoms with Crippen molar-refractivity contribution in [1.29, 1.82) is 0 Å². The number of ether oxygens (including phenoxy) is 1. The van der Waals surface area contributed by atoms with Crippen LogP contribution in [0.15, 0.2) is 36.5 Å². The largest absolute Gasteiger partial charge is 0.492 e. The molecule has 1 aromatic heterocycles. The summed E-state index contributed by atoms with van der Waals surface area (Å²) in [7, 11) is 1.95. The Morgan fingerprint density at radius 2 is 2.05 bits per heavy atom. The van der Waals surface area contributed by atoms with Gasteiger partial charge in [0.25, 0.3) is 0 Å². The van der Waals surface area contributed by atoms with E-state index >= 15 is 0 Å². The topological polar surface area (TPSA) is 39.1 Å². The van der Waals surface area contributed by atoms with Gasteiger partial charge in [-0.05, 0) is 26.0 Å². The van der Waals surface area contributed by atoms with Gasteiger partial charge in [-0.3, -0.25) is 4.68 Å². The third-order valence-electron chi connectivity index (χ3n) is 3.08. The predicted molar refractivity (Wildman–Crippen MR) is 76.3 cm³/mol. The molecule has 0 saturated carbocycles. The van der Waals surface area contributed by atoms with Crippen LogP contribution < -0.4 is 10.1 Å². The molecule has 0 aliphatic rings. The number of benzene rings is 1. The van der Waals surface area contributed by atoms with Gasteiger partial charge in [-0.15, -0.1) is 0 Å². The molecule has 1 N–H and O–H groups in total. The van der Waals surface area contributed by atoms with Crippen LogP contribution in [0.3, 0.4) is 0 Å². The maximum Gasteiger partial charge on any atom is 0.119 e. The molecule has 0 bridgehead atoms. The van der Waals surface area contributed by atoms with Gasteiger partial charge in [0.2, 0.25) is 0 Å². The van der Waals surface area contributed by atoms with E-state index in [9.17, 15) is 0 Å². The highest BCUT2D eigenvalue weighted by molar-refractivity contribution is 5.21. The molecule has 1 aromatic carbocycles. The number of hydrogen-bond donors (Lipinski definition) is 1. The van der Waals surface area contributed by atoms with Gasteiger partial charge in [-0.25, -0.2) is 0 Å². The van der Waals surface area contributed by atoms with Gasteiger partial charge >= 0.3 is 0 Å². The van der Waals surface area contributed by atoms with Crippen LogP contribution in [-0.4, -0.2) is 22.9 Å². The van der Waals surface area contributed by atoms with Crippen molar-refractivity contribution in [3.63, 3.8) is 0 Å². The molecular formula is C15H21N3O. The van der Waals surface area contributed by atoms with Gasteiger partial charge in [-0.2, -0.15) is 5.10 Å². The summed E-state index contributed by atoms with van der Waals surface area (Å²) in [6.07, 6.45) is 2.06. The van der Waals surface area contributed by atoms with Crippen molar-refractivity contribution in [3.8, 4) is 5.75 Å². The summed E-state index contributed by atoms with van der Waals surface area (Å²) in [5.74, 6) is 0.912. The molecule has 1 heterocycles. The van der Waals surface area contributed by atoms with Crippen molar-refractivity contribution in [2.45, 2.75) is 19.9 Å². The van der Waals surface area contributed by atoms with E-state index in [1.807, 2.05) is 49.0 Å². The lowest BCUT2D eigenvalue weighted by atomic mass is 10.1. The first-order valence-corrected chi connectivity index (χ1v) is 6.58. The third-order valence-corrected chi connectivity index (χ3v) is 3.08. The van der Waals surface area contributed by atoms with Crippen molar-refractivity contribution in [2.75, 3.05) is 13.2 Å². The second kappa shape index (κ2) is 6.38. The van der Waals surface area contributed by atoms with Crippen LogP contribution in [0.25, 0.3) is 0 Å². The Balaban J connectivity index is 1.75. The number of nitrogens with zero attached hydrogens (tertiary/aromatic N) is 2. The minimum Gasteiger partial charge on any atom is -0.492 e. The van der Waals surface area contributed by atoms with Gasteiger partial charge in [0, 0.05) is 31.4 Å². The Morgan fingerprint density at radius 1 is 1.32 bits per heavy atom. The van der Waals surface area contributed by atoms with Crippen molar-refractivity contribution in [1.82, 2.24) is 15.1 Å². The number of aromatic nitrogens is 2. The average Bonchev–Trinajstić information content (AvgIpc) is 2.75. The molecule has 0 radical (unpaired) electrons. The Labute approximate surface area is 114 Å². The fourth-order valence-electron chi connectivity index (χ4n) is 2.11. The maximum atomic E-state index is 5.64. The van der Waals surface area contributed by atoms with E-state index in [-0.39, 0.29) is 6.04 Å². The van der Waals surface area contributed by atoms with E-state index in [2.05, 4.69) is 23.5 Å². The van der Waals surface area contributed by atoms with Crippen molar-refractivity contribution < 1.29 is 4.74 Å². The third kappa shape index (κ3) is 3.83. The fourth-order valence-corrected chi connectivity index (χ4v) is 2.11. The Kier molecular flexibility index (Phi) is 4.58. The second-order valence-corrected chi connectivity index (χ2v) is 4.68. The molecule has 0 amide bonds. The monoisotopic (exact) mass is 259 g/mol. The average molecular weight is 259 g/mol. The molecule has 1 atom stereocenters. The first-order chi connectivity index (χ1) is 9.16. The van der Waals surface area contributed by atoms with E-state index in [0.717, 1.165) is 18.0 Å². The molecule has 1 unspecified atom stereocenters. The highest BCUT2D eigenvalue weighted by Crippen LogP contribution is 2.15. The maximum absolute atomic E-state index is 5.64. The summed E-state index contributed by atoms with van der Waals surface area (Å²) < 4.78 is 7.49. The van der Waals surface area contributed by atoms with Crippen LogP contribution >= 0.6 is 0 Å². The van der Waals surface area contributed by atoms with Crippen LogP contribution in [0.2, 0.25) is 0 Å². The molecule has 2 aromatic rings. The highest BCUT2D eigenvalue weighted by Gasteiger charge is 2.10. The van der Waals surface area contributed by atoms with Crippen LogP contribution in [0, 0.1) is 6.92 Å². The molecule has 4 nitrogen and oxygen atoms in total. The molecule has 19 heavy (non-hydrogen) atoms. The molecule has 0 fully saturated rings. The van der Waals surface area contributed by atoms with E-state index in [1.54, 1.807) is 0 Å². The van der Waals surface area contributed by atoms with E-state index in [1.165, 1.54) is 5.56 Å². The van der Waals surface area contributed by atoms with Crippen LogP contribution in [0.4, 0.5) is 0 Å². The lowest BCUT2D eigenvalue weighted by Crippen LogP contribution is -2.24. The lowest BCUT2D eigenvalue weighted by Gasteiger charge is -2.13. The van der Waals surface area contributed by atoms with Gasteiger partial charge in [0.15, 0.2) is 0 Å². The molecule has 0 spiro atoms. The lowest BCUT2D eigenvalue weighted by molar-refractivity contribution is 0.307. The zero-order valence-electron chi connectivity index (χ0n) is 11.8. The summed E-state index contributed by atoms with van der Waals surface area (Å²) in [6.45, 7) is 5.65. The number of para-hydroxylation sites is 1. The first-order valence-electron chi connectivity index (χ1n) is 6.58. The fraction of sp³-hybridized carbons (Fsp3) is 0.400. The van der Waals surface area contributed by atoms with Gasteiger partial charge in [0.05, 0.1) is 5.69 Å². The molecule has 0 saturated heterocycles. The SMILES string of the molecule is Cc1nn(C)cc1C(C)NCCOc1ccccc1. The normalized spacial score (nSPS) is 12.4. The summed E-state index contributed by atoms with van der Waals surface area (Å²) in [5, 5.41) is 7.80. The van der Waals surface area contributed by atoms with Crippen molar-refractivity contribution >= 4 is 0 Å². The summed E-state index contributed by atoms with van der Waals surface area (Å²) in [6, 6.07) is 10.2. The smallest absolute Gasteiger partial charge is 0.119 e. The van der Waals surface area contributed by atoms with Crippen LogP contribution in [0.5, 0.6) is 5.75 Å². The van der Waals surface area contributed by atoms with E-state index in [4.69, 9.17) is 4.74 Å². The summed E-state index contributed by atoms with van der Waals surface area (Å²) in [5.41, 5.74) is 2.31. The Morgan fingerprint density at radius 3 is 2.68 bits per heavy atom. The molecule has 102 valence electrons. The molecule has 0 aliphatic carbocycles. The van der Waals surface area contributed by atoms with Crippen LogP contribution in [0.1, 0.15) is 24.2 Å². The van der Waals surface area contributed by atoms with E-state index in [0.29, 0.717) is 6.61 Å². The summed E-state index contributed by atoms with van der Waals surface area (Å²) in [4.78, 5) is 0. The van der Waals surface area contributed by atoms with Gasteiger partial charge in [-0.1, -0.05) is 18.2 Å². The number of hydrogen-bond acceptors (Lipinski definition) is 3. The predicted octanol–water partition coefficient (Wildman–Crippen LogP) is 2.46. The van der Waals surface area contributed by atoms with Crippen LogP contribution in [-0.2, 0) is 7.05 Å². The molecular weight excluding hydrogens is 238 g/mol. The minimum atomic E-state index is 0.285. The standard InChI is InChI=1S/C15H21N3O/c1-12(15-11-18(3)17-13(15)2)16-9-10-19-14-7-5-4-6-8-14/h4-8,11-12,16H,9-10H2,1-3H3. The Hall–Kier alpha value is -1.81. The molecule has 0 aliphatic heterocycles. The van der Waals surface area contributed by atoms with Crippen molar-refractivity contribution in [3.05, 3.63) is 47.8 Å². The highest BCUT2D eigenvalue weighted by atomic mass is 16.5. The molecule has 2 rings (SSSR count). The van der Waals surface area contributed by atoms with E-state index < -0.39 is 0 Å². The zero-order valence-corrected chi connectivity index (χ0v) is 11.8.